The quantitative estimate of drug-likeness (QED) is 0.691. The van der Waals surface area contributed by atoms with Gasteiger partial charge in [-0.3, -0.25) is 0 Å². The van der Waals surface area contributed by atoms with Crippen molar-refractivity contribution in [3.63, 3.8) is 0 Å². The third-order valence-electron chi connectivity index (χ3n) is 4.36. The molecule has 1 aliphatic rings. The van der Waals surface area contributed by atoms with Gasteiger partial charge in [0.15, 0.2) is 5.82 Å². The molecule has 2 rings (SSSR count). The Hall–Kier alpha value is -0.990. The van der Waals surface area contributed by atoms with E-state index in [9.17, 15) is 8.78 Å². The van der Waals surface area contributed by atoms with Crippen LogP contribution >= 0.6 is 0 Å². The van der Waals surface area contributed by atoms with E-state index >= 15 is 0 Å². The topological polar surface area (TPSA) is 12.9 Å². The standard InChI is InChI=1S/C16H23F2N/c1-2-3-12-4-6-13(7-5-12)8-9-14-10-15(17)16(18)19-11-14/h10-13H,2-9H2,1H3/t12-,13-. The van der Waals surface area contributed by atoms with E-state index in [4.69, 9.17) is 0 Å². The molecule has 0 bridgehead atoms. The summed E-state index contributed by atoms with van der Waals surface area (Å²) >= 11 is 0. The second-order valence-electron chi connectivity index (χ2n) is 5.83. The van der Waals surface area contributed by atoms with Crippen LogP contribution < -0.4 is 0 Å². The molecule has 1 heterocycles. The first-order valence-corrected chi connectivity index (χ1v) is 7.49. The normalized spacial score (nSPS) is 23.5. The van der Waals surface area contributed by atoms with Crippen LogP contribution in [-0.4, -0.2) is 4.98 Å². The highest BCUT2D eigenvalue weighted by atomic mass is 19.2. The van der Waals surface area contributed by atoms with Crippen molar-refractivity contribution >= 4 is 0 Å². The Balaban J connectivity index is 1.75. The lowest BCUT2D eigenvalue weighted by Crippen LogP contribution is -2.15. The van der Waals surface area contributed by atoms with E-state index in [1.807, 2.05) is 0 Å². The Morgan fingerprint density at radius 2 is 1.74 bits per heavy atom. The molecule has 1 aromatic rings. The summed E-state index contributed by atoms with van der Waals surface area (Å²) in [7, 11) is 0. The lowest BCUT2D eigenvalue weighted by molar-refractivity contribution is 0.252. The van der Waals surface area contributed by atoms with Crippen LogP contribution in [0, 0.1) is 23.6 Å². The van der Waals surface area contributed by atoms with Crippen LogP contribution in [0.2, 0.25) is 0 Å². The largest absolute Gasteiger partial charge is 0.248 e. The summed E-state index contributed by atoms with van der Waals surface area (Å²) in [5.74, 6) is -0.152. The molecule has 3 heteroatoms. The molecule has 19 heavy (non-hydrogen) atoms. The minimum atomic E-state index is -0.996. The Labute approximate surface area is 114 Å². The summed E-state index contributed by atoms with van der Waals surface area (Å²) in [6.45, 7) is 2.25. The van der Waals surface area contributed by atoms with E-state index in [-0.39, 0.29) is 0 Å². The number of aryl methyl sites for hydroxylation is 1. The van der Waals surface area contributed by atoms with Gasteiger partial charge in [-0.1, -0.05) is 45.4 Å². The number of pyridine rings is 1. The van der Waals surface area contributed by atoms with Crippen LogP contribution in [0.15, 0.2) is 12.3 Å². The fraction of sp³-hybridized carbons (Fsp3) is 0.688. The van der Waals surface area contributed by atoms with Gasteiger partial charge in [-0.2, -0.15) is 4.39 Å². The van der Waals surface area contributed by atoms with Gasteiger partial charge in [0.25, 0.3) is 0 Å². The molecule has 1 saturated carbocycles. The maximum Gasteiger partial charge on any atom is 0.248 e. The lowest BCUT2D eigenvalue weighted by Gasteiger charge is -2.28. The number of halogens is 2. The van der Waals surface area contributed by atoms with E-state index in [0.29, 0.717) is 0 Å². The van der Waals surface area contributed by atoms with Gasteiger partial charge in [0, 0.05) is 6.20 Å². The van der Waals surface area contributed by atoms with Crippen LogP contribution in [0.3, 0.4) is 0 Å². The Kier molecular flexibility index (Phi) is 5.29. The molecule has 0 amide bonds. The average molecular weight is 267 g/mol. The van der Waals surface area contributed by atoms with Crippen molar-refractivity contribution in [2.75, 3.05) is 0 Å². The number of hydrogen-bond donors (Lipinski definition) is 0. The molecule has 0 atom stereocenters. The van der Waals surface area contributed by atoms with Gasteiger partial charge in [-0.05, 0) is 36.3 Å². The molecule has 1 aliphatic carbocycles. The number of rotatable bonds is 5. The third-order valence-corrected chi connectivity index (χ3v) is 4.36. The van der Waals surface area contributed by atoms with Crippen molar-refractivity contribution in [3.05, 3.63) is 29.6 Å². The van der Waals surface area contributed by atoms with Crippen molar-refractivity contribution in [3.8, 4) is 0 Å². The molecule has 0 unspecified atom stereocenters. The van der Waals surface area contributed by atoms with E-state index in [0.717, 1.165) is 30.2 Å². The first-order chi connectivity index (χ1) is 9.19. The van der Waals surface area contributed by atoms with E-state index in [2.05, 4.69) is 11.9 Å². The molecule has 0 radical (unpaired) electrons. The number of hydrogen-bond acceptors (Lipinski definition) is 1. The third kappa shape index (κ3) is 4.26. The highest BCUT2D eigenvalue weighted by Crippen LogP contribution is 2.33. The van der Waals surface area contributed by atoms with E-state index < -0.39 is 11.8 Å². The van der Waals surface area contributed by atoms with Crippen molar-refractivity contribution in [1.82, 2.24) is 4.98 Å². The Morgan fingerprint density at radius 3 is 2.32 bits per heavy atom. The minimum absolute atomic E-state index is 0.751. The lowest BCUT2D eigenvalue weighted by atomic mass is 9.78. The molecule has 1 nitrogen and oxygen atoms in total. The number of aromatic nitrogens is 1. The smallest absolute Gasteiger partial charge is 0.225 e. The Bertz CT molecular complexity index is 398. The van der Waals surface area contributed by atoms with E-state index in [1.54, 1.807) is 0 Å². The van der Waals surface area contributed by atoms with Crippen molar-refractivity contribution in [2.45, 2.75) is 58.3 Å². The summed E-state index contributed by atoms with van der Waals surface area (Å²) in [6, 6.07) is 1.28. The molecule has 0 aliphatic heterocycles. The molecule has 1 fully saturated rings. The summed E-state index contributed by atoms with van der Waals surface area (Å²) in [6.07, 6.45) is 11.3. The van der Waals surface area contributed by atoms with Crippen LogP contribution in [0.25, 0.3) is 0 Å². The molecule has 106 valence electrons. The first kappa shape index (κ1) is 14.4. The maximum atomic E-state index is 13.0. The highest BCUT2D eigenvalue weighted by molar-refractivity contribution is 5.11. The van der Waals surface area contributed by atoms with Crippen LogP contribution in [-0.2, 0) is 6.42 Å². The molecular weight excluding hydrogens is 244 g/mol. The fourth-order valence-corrected chi connectivity index (χ4v) is 3.19. The second kappa shape index (κ2) is 6.97. The molecule has 0 aromatic carbocycles. The van der Waals surface area contributed by atoms with Gasteiger partial charge in [0.05, 0.1) is 0 Å². The zero-order valence-electron chi connectivity index (χ0n) is 11.7. The highest BCUT2D eigenvalue weighted by Gasteiger charge is 2.20. The predicted octanol–water partition coefficient (Wildman–Crippen LogP) is 4.90. The van der Waals surface area contributed by atoms with Crippen molar-refractivity contribution < 1.29 is 8.78 Å². The van der Waals surface area contributed by atoms with Gasteiger partial charge < -0.3 is 0 Å². The van der Waals surface area contributed by atoms with Crippen LogP contribution in [0.1, 0.15) is 57.4 Å². The molecular formula is C16H23F2N. The average Bonchev–Trinajstić information content (AvgIpc) is 2.42. The molecule has 0 saturated heterocycles. The summed E-state index contributed by atoms with van der Waals surface area (Å²) in [5, 5.41) is 0. The number of nitrogens with zero attached hydrogens (tertiary/aromatic N) is 1. The molecule has 0 spiro atoms. The van der Waals surface area contributed by atoms with Crippen molar-refractivity contribution in [2.24, 2.45) is 11.8 Å². The minimum Gasteiger partial charge on any atom is -0.225 e. The molecule has 1 aromatic heterocycles. The SMILES string of the molecule is CCC[C@H]1CC[C@H](CCc2cnc(F)c(F)c2)CC1. The van der Waals surface area contributed by atoms with Gasteiger partial charge >= 0.3 is 0 Å². The predicted molar refractivity (Wildman–Crippen MR) is 72.8 cm³/mol. The van der Waals surface area contributed by atoms with Gasteiger partial charge in [0.2, 0.25) is 5.95 Å². The summed E-state index contributed by atoms with van der Waals surface area (Å²) < 4.78 is 25.8. The molecule has 0 N–H and O–H groups in total. The second-order valence-corrected chi connectivity index (χ2v) is 5.83. The fourth-order valence-electron chi connectivity index (χ4n) is 3.19. The first-order valence-electron chi connectivity index (χ1n) is 7.49. The van der Waals surface area contributed by atoms with Gasteiger partial charge in [-0.25, -0.2) is 9.37 Å². The summed E-state index contributed by atoms with van der Waals surface area (Å²) in [5.41, 5.74) is 0.814. The Morgan fingerprint density at radius 1 is 1.11 bits per heavy atom. The van der Waals surface area contributed by atoms with Crippen molar-refractivity contribution in [1.29, 1.82) is 0 Å². The van der Waals surface area contributed by atoms with Gasteiger partial charge in [-0.15, -0.1) is 0 Å². The summed E-state index contributed by atoms with van der Waals surface area (Å²) in [4.78, 5) is 3.44. The monoisotopic (exact) mass is 267 g/mol. The van der Waals surface area contributed by atoms with E-state index in [1.165, 1.54) is 50.8 Å². The van der Waals surface area contributed by atoms with Crippen LogP contribution in [0.5, 0.6) is 0 Å². The van der Waals surface area contributed by atoms with Gasteiger partial charge in [0.1, 0.15) is 0 Å². The van der Waals surface area contributed by atoms with Crippen LogP contribution in [0.4, 0.5) is 8.78 Å². The maximum absolute atomic E-state index is 13.0. The zero-order chi connectivity index (χ0) is 13.7. The zero-order valence-corrected chi connectivity index (χ0v) is 11.7.